The first kappa shape index (κ1) is 18.2. The highest BCUT2D eigenvalue weighted by molar-refractivity contribution is 8.13. The van der Waals surface area contributed by atoms with E-state index in [9.17, 15) is 17.6 Å². The van der Waals surface area contributed by atoms with Crippen LogP contribution in [-0.4, -0.2) is 33.6 Å². The van der Waals surface area contributed by atoms with Gasteiger partial charge in [-0.1, -0.05) is 11.6 Å². The number of hydrogen-bond donors (Lipinski definition) is 1. The van der Waals surface area contributed by atoms with Crippen molar-refractivity contribution in [2.75, 3.05) is 13.7 Å². The van der Waals surface area contributed by atoms with E-state index in [1.807, 2.05) is 0 Å². The van der Waals surface area contributed by atoms with E-state index in [1.54, 1.807) is 13.8 Å². The predicted molar refractivity (Wildman–Crippen MR) is 77.9 cm³/mol. The average molecular weight is 358 g/mol. The molecular weight excluding hydrogens is 344 g/mol. The van der Waals surface area contributed by atoms with Crippen LogP contribution in [0.4, 0.5) is 4.39 Å². The van der Waals surface area contributed by atoms with Crippen molar-refractivity contribution in [3.63, 3.8) is 0 Å². The highest BCUT2D eigenvalue weighted by Gasteiger charge is 2.23. The zero-order valence-electron chi connectivity index (χ0n) is 11.5. The standard InChI is InChI=1S/C12H14Cl2FNO4S/c1-12(2,20-3)6-16-11(17)8-4-7(21(14,18)19)5-9(15)10(8)13/h4-5H,6H2,1-3H3,(H,16,17). The number of carbonyl (C=O) groups is 1. The van der Waals surface area contributed by atoms with E-state index in [0.717, 1.165) is 6.07 Å². The molecule has 0 heterocycles. The van der Waals surface area contributed by atoms with Gasteiger partial charge in [-0.25, -0.2) is 12.8 Å². The molecule has 0 radical (unpaired) electrons. The van der Waals surface area contributed by atoms with E-state index in [4.69, 9.17) is 27.0 Å². The molecule has 0 aliphatic carbocycles. The second-order valence-electron chi connectivity index (χ2n) is 4.85. The van der Waals surface area contributed by atoms with E-state index in [1.165, 1.54) is 7.11 Å². The zero-order chi connectivity index (χ0) is 16.4. The van der Waals surface area contributed by atoms with Gasteiger partial charge >= 0.3 is 0 Å². The minimum absolute atomic E-state index is 0.123. The summed E-state index contributed by atoms with van der Waals surface area (Å²) < 4.78 is 41.2. The fourth-order valence-corrected chi connectivity index (χ4v) is 2.30. The SMILES string of the molecule is COC(C)(C)CNC(=O)c1cc(S(=O)(=O)Cl)cc(F)c1Cl. The molecule has 1 aromatic rings. The number of ether oxygens (including phenoxy) is 1. The number of hydrogen-bond acceptors (Lipinski definition) is 4. The molecule has 1 rings (SSSR count). The Kier molecular flexibility index (Phi) is 5.60. The minimum atomic E-state index is -4.18. The van der Waals surface area contributed by atoms with Gasteiger partial charge in [0.2, 0.25) is 0 Å². The summed E-state index contributed by atoms with van der Waals surface area (Å²) in [6.07, 6.45) is 0. The van der Waals surface area contributed by atoms with Crippen molar-refractivity contribution < 1.29 is 22.3 Å². The lowest BCUT2D eigenvalue weighted by Gasteiger charge is -2.23. The molecule has 0 spiro atoms. The Morgan fingerprint density at radius 3 is 2.48 bits per heavy atom. The molecule has 1 amide bonds. The van der Waals surface area contributed by atoms with Crippen molar-refractivity contribution >= 4 is 37.2 Å². The van der Waals surface area contributed by atoms with Crippen LogP contribution in [0, 0.1) is 5.82 Å². The first-order valence-electron chi connectivity index (χ1n) is 5.75. The van der Waals surface area contributed by atoms with Crippen LogP contribution in [0.25, 0.3) is 0 Å². The van der Waals surface area contributed by atoms with E-state index in [2.05, 4.69) is 5.32 Å². The predicted octanol–water partition coefficient (Wildman–Crippen LogP) is 2.56. The Labute approximate surface area is 131 Å². The Hall–Kier alpha value is -0.890. The molecule has 0 aliphatic heterocycles. The summed E-state index contributed by atoms with van der Waals surface area (Å²) in [6.45, 7) is 3.59. The Morgan fingerprint density at radius 2 is 2.00 bits per heavy atom. The van der Waals surface area contributed by atoms with Crippen LogP contribution >= 0.6 is 22.3 Å². The largest absolute Gasteiger partial charge is 0.377 e. The van der Waals surface area contributed by atoms with Crippen LogP contribution in [-0.2, 0) is 13.8 Å². The molecule has 9 heteroatoms. The molecule has 118 valence electrons. The molecular formula is C12H14Cl2FNO4S. The Balaban J connectivity index is 3.13. The molecule has 0 saturated carbocycles. The molecule has 0 aromatic heterocycles. The summed E-state index contributed by atoms with van der Waals surface area (Å²) in [5.74, 6) is -1.78. The smallest absolute Gasteiger partial charge is 0.261 e. The minimum Gasteiger partial charge on any atom is -0.377 e. The summed E-state index contributed by atoms with van der Waals surface area (Å²) in [6, 6.07) is 1.57. The highest BCUT2D eigenvalue weighted by Crippen LogP contribution is 2.26. The fraction of sp³-hybridized carbons (Fsp3) is 0.417. The van der Waals surface area contributed by atoms with Crippen molar-refractivity contribution in [2.45, 2.75) is 24.3 Å². The van der Waals surface area contributed by atoms with Crippen LogP contribution < -0.4 is 5.32 Å². The number of carbonyl (C=O) groups excluding carboxylic acids is 1. The van der Waals surface area contributed by atoms with Gasteiger partial charge in [-0.3, -0.25) is 4.79 Å². The normalized spacial score (nSPS) is 12.3. The topological polar surface area (TPSA) is 72.5 Å². The van der Waals surface area contributed by atoms with E-state index >= 15 is 0 Å². The summed E-state index contributed by atoms with van der Waals surface area (Å²) in [7, 11) is 2.44. The van der Waals surface area contributed by atoms with Crippen molar-refractivity contribution in [3.05, 3.63) is 28.5 Å². The first-order chi connectivity index (χ1) is 9.48. The number of rotatable bonds is 5. The van der Waals surface area contributed by atoms with Crippen molar-refractivity contribution in [1.29, 1.82) is 0 Å². The number of amides is 1. The van der Waals surface area contributed by atoms with Crippen LogP contribution in [0.15, 0.2) is 17.0 Å². The average Bonchev–Trinajstić information content (AvgIpc) is 2.38. The third kappa shape index (κ3) is 4.81. The van der Waals surface area contributed by atoms with Crippen molar-refractivity contribution in [1.82, 2.24) is 5.32 Å². The molecule has 0 saturated heterocycles. The van der Waals surface area contributed by atoms with Gasteiger partial charge in [0, 0.05) is 24.3 Å². The van der Waals surface area contributed by atoms with Crippen LogP contribution in [0.2, 0.25) is 5.02 Å². The lowest BCUT2D eigenvalue weighted by atomic mass is 10.1. The zero-order valence-corrected chi connectivity index (χ0v) is 13.9. The van der Waals surface area contributed by atoms with Crippen LogP contribution in [0.3, 0.4) is 0 Å². The van der Waals surface area contributed by atoms with Crippen molar-refractivity contribution in [2.24, 2.45) is 0 Å². The van der Waals surface area contributed by atoms with Gasteiger partial charge in [0.05, 0.1) is 21.1 Å². The van der Waals surface area contributed by atoms with Crippen LogP contribution in [0.1, 0.15) is 24.2 Å². The van der Waals surface area contributed by atoms with Gasteiger partial charge in [-0.2, -0.15) is 0 Å². The van der Waals surface area contributed by atoms with Crippen LogP contribution in [0.5, 0.6) is 0 Å². The molecule has 1 aromatic carbocycles. The maximum Gasteiger partial charge on any atom is 0.261 e. The third-order valence-electron chi connectivity index (χ3n) is 2.76. The quantitative estimate of drug-likeness (QED) is 0.822. The van der Waals surface area contributed by atoms with E-state index in [-0.39, 0.29) is 12.1 Å². The van der Waals surface area contributed by atoms with Gasteiger partial charge in [0.25, 0.3) is 15.0 Å². The monoisotopic (exact) mass is 357 g/mol. The third-order valence-corrected chi connectivity index (χ3v) is 4.47. The molecule has 0 aliphatic rings. The fourth-order valence-electron chi connectivity index (χ4n) is 1.33. The lowest BCUT2D eigenvalue weighted by molar-refractivity contribution is 0.0228. The maximum absolute atomic E-state index is 13.6. The molecule has 0 bridgehead atoms. The molecule has 1 N–H and O–H groups in total. The number of benzene rings is 1. The molecule has 0 atom stereocenters. The Bertz CT molecular complexity index is 661. The number of halogens is 3. The van der Waals surface area contributed by atoms with E-state index < -0.39 is 36.3 Å². The second-order valence-corrected chi connectivity index (χ2v) is 7.79. The van der Waals surface area contributed by atoms with Crippen molar-refractivity contribution in [3.8, 4) is 0 Å². The van der Waals surface area contributed by atoms with Gasteiger partial charge < -0.3 is 10.1 Å². The van der Waals surface area contributed by atoms with Gasteiger partial charge in [0.1, 0.15) is 5.82 Å². The summed E-state index contributed by atoms with van der Waals surface area (Å²) >= 11 is 5.69. The molecule has 0 unspecified atom stereocenters. The molecule has 5 nitrogen and oxygen atoms in total. The Morgan fingerprint density at radius 1 is 1.43 bits per heavy atom. The van der Waals surface area contributed by atoms with E-state index in [0.29, 0.717) is 6.07 Å². The summed E-state index contributed by atoms with van der Waals surface area (Å²) in [4.78, 5) is 11.5. The summed E-state index contributed by atoms with van der Waals surface area (Å²) in [5, 5.41) is 2.00. The molecule has 0 fully saturated rings. The maximum atomic E-state index is 13.6. The second kappa shape index (κ2) is 6.48. The highest BCUT2D eigenvalue weighted by atomic mass is 35.7. The summed E-state index contributed by atoms with van der Waals surface area (Å²) in [5.41, 5.74) is -0.959. The number of nitrogens with one attached hydrogen (secondary N) is 1. The molecule has 21 heavy (non-hydrogen) atoms. The number of methoxy groups -OCH3 is 1. The van der Waals surface area contributed by atoms with Gasteiger partial charge in [-0.15, -0.1) is 0 Å². The first-order valence-corrected chi connectivity index (χ1v) is 8.44. The van der Waals surface area contributed by atoms with Gasteiger partial charge in [0.15, 0.2) is 0 Å². The lowest BCUT2D eigenvalue weighted by Crippen LogP contribution is -2.39. The van der Waals surface area contributed by atoms with Gasteiger partial charge in [-0.05, 0) is 26.0 Å².